The fraction of sp³-hybridized carbons (Fsp3) is 0.609. The zero-order valence-corrected chi connectivity index (χ0v) is 18.2. The monoisotopic (exact) mass is 398 g/mol. The van der Waals surface area contributed by atoms with Crippen LogP contribution in [0, 0.1) is 17.2 Å². The van der Waals surface area contributed by atoms with Crippen LogP contribution in [0.5, 0.6) is 0 Å². The minimum Gasteiger partial charge on any atom is -0.442 e. The Morgan fingerprint density at radius 3 is 2.52 bits per heavy atom. The van der Waals surface area contributed by atoms with Crippen LogP contribution in [0.4, 0.5) is 4.79 Å². The van der Waals surface area contributed by atoms with Gasteiger partial charge in [0.2, 0.25) is 0 Å². The lowest BCUT2D eigenvalue weighted by Crippen LogP contribution is -2.35. The molecule has 0 saturated carbocycles. The molecule has 1 heterocycles. The summed E-state index contributed by atoms with van der Waals surface area (Å²) in [5, 5.41) is 12.5. The molecule has 1 aliphatic heterocycles. The normalized spacial score (nSPS) is 16.4. The number of benzene rings is 1. The van der Waals surface area contributed by atoms with Crippen molar-refractivity contribution < 1.29 is 9.53 Å². The molecular weight excluding hydrogens is 364 g/mol. The topological polar surface area (TPSA) is 77.7 Å². The van der Waals surface area contributed by atoms with Gasteiger partial charge in [0.15, 0.2) is 0 Å². The Balaban J connectivity index is 1.92. The Kier molecular flexibility index (Phi) is 8.81. The molecule has 6 nitrogen and oxygen atoms in total. The van der Waals surface area contributed by atoms with Crippen molar-refractivity contribution in [2.75, 3.05) is 33.2 Å². The van der Waals surface area contributed by atoms with Crippen molar-refractivity contribution in [2.45, 2.75) is 52.1 Å². The number of carbonyl (C=O) groups is 1. The molecule has 6 heteroatoms. The lowest BCUT2D eigenvalue weighted by molar-refractivity contribution is 0.0603. The molecule has 29 heavy (non-hydrogen) atoms. The lowest BCUT2D eigenvalue weighted by Gasteiger charge is -2.29. The number of amides is 1. The van der Waals surface area contributed by atoms with Gasteiger partial charge < -0.3 is 15.0 Å². The zero-order valence-electron chi connectivity index (χ0n) is 18.2. The number of nitrogens with zero attached hydrogens (tertiary/aromatic N) is 3. The summed E-state index contributed by atoms with van der Waals surface area (Å²) in [5.41, 5.74) is 1.88. The van der Waals surface area contributed by atoms with E-state index in [1.807, 2.05) is 32.9 Å². The van der Waals surface area contributed by atoms with Crippen LogP contribution < -0.4 is 5.32 Å². The van der Waals surface area contributed by atoms with Gasteiger partial charge in [0.1, 0.15) is 5.60 Å². The van der Waals surface area contributed by atoms with Crippen LogP contribution in [0.15, 0.2) is 29.3 Å². The Labute approximate surface area is 175 Å². The first kappa shape index (κ1) is 23.1. The van der Waals surface area contributed by atoms with E-state index in [-0.39, 0.29) is 0 Å². The molecule has 1 N–H and O–H groups in total. The smallest absolute Gasteiger partial charge is 0.434 e. The molecule has 1 aromatic carbocycles. The number of hydrogen-bond acceptors (Lipinski definition) is 5. The molecular formula is C23H34N4O2. The van der Waals surface area contributed by atoms with E-state index in [0.717, 1.165) is 43.4 Å². The molecule has 158 valence electrons. The number of ether oxygens (including phenoxy) is 1. The van der Waals surface area contributed by atoms with Crippen LogP contribution in [0.25, 0.3) is 0 Å². The summed E-state index contributed by atoms with van der Waals surface area (Å²) < 4.78 is 5.36. The van der Waals surface area contributed by atoms with Crippen LogP contribution in [0.1, 0.15) is 51.2 Å². The number of aliphatic imine (C=N–C) groups is 1. The third-order valence-electron chi connectivity index (χ3n) is 5.00. The quantitative estimate of drug-likeness (QED) is 0.558. The highest BCUT2D eigenvalue weighted by Gasteiger charge is 2.18. The van der Waals surface area contributed by atoms with Gasteiger partial charge in [0, 0.05) is 18.7 Å². The summed E-state index contributed by atoms with van der Waals surface area (Å²) >= 11 is 0. The van der Waals surface area contributed by atoms with Crippen molar-refractivity contribution in [1.82, 2.24) is 10.2 Å². The maximum absolute atomic E-state index is 12.2. The first-order valence-corrected chi connectivity index (χ1v) is 10.4. The summed E-state index contributed by atoms with van der Waals surface area (Å²) in [5.74, 6) is 0.718. The van der Waals surface area contributed by atoms with Gasteiger partial charge in [0.25, 0.3) is 0 Å². The van der Waals surface area contributed by atoms with Crippen LogP contribution in [-0.4, -0.2) is 55.5 Å². The Morgan fingerprint density at radius 2 is 1.93 bits per heavy atom. The molecule has 1 amide bonds. The second kappa shape index (κ2) is 11.1. The molecule has 0 atom stereocenters. The van der Waals surface area contributed by atoms with Gasteiger partial charge in [0.05, 0.1) is 11.6 Å². The number of rotatable bonds is 7. The number of hydrogen-bond donors (Lipinski definition) is 1. The minimum absolute atomic E-state index is 0.545. The molecule has 1 aromatic rings. The summed E-state index contributed by atoms with van der Waals surface area (Å²) in [7, 11) is 2.17. The molecule has 0 radical (unpaired) electrons. The van der Waals surface area contributed by atoms with Gasteiger partial charge in [-0.15, -0.1) is 0 Å². The third-order valence-corrected chi connectivity index (χ3v) is 5.00. The van der Waals surface area contributed by atoms with E-state index in [4.69, 9.17) is 10.00 Å². The van der Waals surface area contributed by atoms with E-state index in [2.05, 4.69) is 28.3 Å². The van der Waals surface area contributed by atoms with Crippen LogP contribution in [0.2, 0.25) is 0 Å². The molecule has 0 bridgehead atoms. The predicted molar refractivity (Wildman–Crippen MR) is 116 cm³/mol. The average molecular weight is 399 g/mol. The van der Waals surface area contributed by atoms with E-state index in [0.29, 0.717) is 18.4 Å². The van der Waals surface area contributed by atoms with Gasteiger partial charge in [-0.2, -0.15) is 10.3 Å². The largest absolute Gasteiger partial charge is 0.442 e. The summed E-state index contributed by atoms with van der Waals surface area (Å²) in [4.78, 5) is 18.8. The van der Waals surface area contributed by atoms with Crippen molar-refractivity contribution in [3.05, 3.63) is 35.4 Å². The van der Waals surface area contributed by atoms with E-state index in [1.54, 1.807) is 12.1 Å². The summed E-state index contributed by atoms with van der Waals surface area (Å²) in [6.45, 7) is 9.62. The first-order valence-electron chi connectivity index (χ1n) is 10.4. The second-order valence-electron chi connectivity index (χ2n) is 8.84. The summed E-state index contributed by atoms with van der Waals surface area (Å²) in [6.07, 6.45) is 3.17. The minimum atomic E-state index is -0.563. The van der Waals surface area contributed by atoms with Crippen molar-refractivity contribution in [3.63, 3.8) is 0 Å². The zero-order chi connectivity index (χ0) is 21.3. The van der Waals surface area contributed by atoms with Crippen molar-refractivity contribution >= 4 is 11.8 Å². The maximum atomic E-state index is 12.2. The highest BCUT2D eigenvalue weighted by Crippen LogP contribution is 2.15. The van der Waals surface area contributed by atoms with Crippen LogP contribution in [-0.2, 0) is 11.2 Å². The highest BCUT2D eigenvalue weighted by atomic mass is 16.6. The van der Waals surface area contributed by atoms with E-state index in [9.17, 15) is 4.79 Å². The van der Waals surface area contributed by atoms with Crippen molar-refractivity contribution in [3.8, 4) is 6.07 Å². The summed E-state index contributed by atoms with van der Waals surface area (Å²) in [6, 6.07) is 9.53. The first-order chi connectivity index (χ1) is 13.7. The standard InChI is InChI=1S/C23H34N4O2/c1-23(2,3)29-22(28)26-21(15-18-5-7-19(16-24)8-6-18)9-12-25-17-20-10-13-27(4)14-11-20/h5-8,20,25H,9-15,17H2,1-4H3. The number of nitrogens with one attached hydrogen (secondary N) is 1. The van der Waals surface area contributed by atoms with Crippen LogP contribution >= 0.6 is 0 Å². The average Bonchev–Trinajstić information content (AvgIpc) is 2.65. The second-order valence-corrected chi connectivity index (χ2v) is 8.84. The van der Waals surface area contributed by atoms with Gasteiger partial charge in [-0.3, -0.25) is 0 Å². The fourth-order valence-corrected chi connectivity index (χ4v) is 3.34. The Hall–Kier alpha value is -2.23. The highest BCUT2D eigenvalue weighted by molar-refractivity contribution is 5.94. The lowest BCUT2D eigenvalue weighted by atomic mass is 9.97. The Bertz CT molecular complexity index is 721. The predicted octanol–water partition coefficient (Wildman–Crippen LogP) is 3.80. The van der Waals surface area contributed by atoms with Gasteiger partial charge >= 0.3 is 6.09 Å². The number of likely N-dealkylation sites (tertiary alicyclic amines) is 1. The maximum Gasteiger partial charge on any atom is 0.434 e. The van der Waals surface area contributed by atoms with E-state index < -0.39 is 11.7 Å². The van der Waals surface area contributed by atoms with Crippen molar-refractivity contribution in [1.29, 1.82) is 5.26 Å². The van der Waals surface area contributed by atoms with Gasteiger partial charge in [-0.25, -0.2) is 4.79 Å². The van der Waals surface area contributed by atoms with Crippen molar-refractivity contribution in [2.24, 2.45) is 10.9 Å². The van der Waals surface area contributed by atoms with E-state index in [1.165, 1.54) is 12.8 Å². The molecule has 0 spiro atoms. The van der Waals surface area contributed by atoms with E-state index >= 15 is 0 Å². The Morgan fingerprint density at radius 1 is 1.28 bits per heavy atom. The molecule has 1 saturated heterocycles. The molecule has 0 unspecified atom stereocenters. The number of piperidine rings is 1. The molecule has 0 aliphatic carbocycles. The molecule has 2 rings (SSSR count). The SMILES string of the molecule is CN1CCC(CNCCC(Cc2ccc(C#N)cc2)=NC(=O)OC(C)(C)C)CC1. The van der Waals surface area contributed by atoms with Crippen LogP contribution in [0.3, 0.4) is 0 Å². The molecule has 1 fully saturated rings. The third kappa shape index (κ3) is 9.21. The molecule has 1 aliphatic rings. The van der Waals surface area contributed by atoms with Gasteiger partial charge in [-0.05, 0) is 90.3 Å². The number of nitriles is 1. The number of carbonyl (C=O) groups excluding carboxylic acids is 1. The molecule has 0 aromatic heterocycles. The fourth-order valence-electron chi connectivity index (χ4n) is 3.34. The van der Waals surface area contributed by atoms with Gasteiger partial charge in [-0.1, -0.05) is 12.1 Å².